The molecule has 1 aliphatic carbocycles. The van der Waals surface area contributed by atoms with E-state index in [-0.39, 0.29) is 0 Å². The smallest absolute Gasteiger partial charge is 0.151 e. The molecule has 1 aromatic heterocycles. The molecule has 1 saturated carbocycles. The molecule has 1 N–H and O–H groups in total. The highest BCUT2D eigenvalue weighted by Gasteiger charge is 2.20. The summed E-state index contributed by atoms with van der Waals surface area (Å²) in [5.74, 6) is 1.96. The molecule has 0 amide bonds. The van der Waals surface area contributed by atoms with E-state index in [9.17, 15) is 0 Å². The minimum atomic E-state index is 0.739. The Bertz CT molecular complexity index is 584. The van der Waals surface area contributed by atoms with Crippen LogP contribution in [0.4, 0.5) is 0 Å². The lowest BCUT2D eigenvalue weighted by atomic mass is 10.2. The Morgan fingerprint density at radius 1 is 1.25 bits per heavy atom. The van der Waals surface area contributed by atoms with Crippen molar-refractivity contribution in [2.45, 2.75) is 52.1 Å². The van der Waals surface area contributed by atoms with E-state index < -0.39 is 0 Å². The van der Waals surface area contributed by atoms with Crippen LogP contribution in [-0.4, -0.2) is 20.8 Å². The van der Waals surface area contributed by atoms with Crippen molar-refractivity contribution >= 4 is 0 Å². The van der Waals surface area contributed by atoms with E-state index in [0.717, 1.165) is 42.8 Å². The monoisotopic (exact) mass is 270 g/mol. The Balaban J connectivity index is 1.84. The maximum Gasteiger partial charge on any atom is 0.151 e. The van der Waals surface area contributed by atoms with Gasteiger partial charge in [0.05, 0.1) is 5.69 Å². The fraction of sp³-hybridized carbons (Fsp3) is 0.500. The van der Waals surface area contributed by atoms with Crippen molar-refractivity contribution in [3.05, 3.63) is 41.5 Å². The summed E-state index contributed by atoms with van der Waals surface area (Å²) in [5, 5.41) is 8.15. The molecule has 106 valence electrons. The summed E-state index contributed by atoms with van der Waals surface area (Å²) in [5.41, 5.74) is 2.43. The molecule has 0 bridgehead atoms. The third-order valence-corrected chi connectivity index (χ3v) is 3.68. The lowest BCUT2D eigenvalue weighted by Crippen LogP contribution is -2.15. The van der Waals surface area contributed by atoms with Crippen LogP contribution in [0.1, 0.15) is 43.9 Å². The predicted molar refractivity (Wildman–Crippen MR) is 80.0 cm³/mol. The minimum Gasteiger partial charge on any atom is -0.310 e. The Morgan fingerprint density at radius 3 is 2.80 bits per heavy atom. The van der Waals surface area contributed by atoms with Gasteiger partial charge in [-0.1, -0.05) is 26.0 Å². The first-order chi connectivity index (χ1) is 9.80. The van der Waals surface area contributed by atoms with Crippen LogP contribution >= 0.6 is 0 Å². The summed E-state index contributed by atoms with van der Waals surface area (Å²) in [4.78, 5) is 4.57. The van der Waals surface area contributed by atoms with Gasteiger partial charge in [-0.2, -0.15) is 5.10 Å². The average Bonchev–Trinajstić information content (AvgIpc) is 3.22. The van der Waals surface area contributed by atoms with Gasteiger partial charge in [-0.3, -0.25) is 0 Å². The molecule has 0 unspecified atom stereocenters. The van der Waals surface area contributed by atoms with Crippen molar-refractivity contribution in [2.24, 2.45) is 0 Å². The molecule has 2 aromatic rings. The topological polar surface area (TPSA) is 42.7 Å². The second-order valence-corrected chi connectivity index (χ2v) is 5.39. The molecule has 0 aliphatic heterocycles. The zero-order chi connectivity index (χ0) is 13.9. The van der Waals surface area contributed by atoms with Gasteiger partial charge in [0.25, 0.3) is 0 Å². The van der Waals surface area contributed by atoms with Gasteiger partial charge in [0.1, 0.15) is 5.82 Å². The number of aromatic nitrogens is 3. The first kappa shape index (κ1) is 13.3. The van der Waals surface area contributed by atoms with Crippen molar-refractivity contribution in [1.82, 2.24) is 20.1 Å². The second-order valence-electron chi connectivity index (χ2n) is 5.39. The molecular weight excluding hydrogens is 248 g/mol. The Morgan fingerprint density at radius 2 is 2.10 bits per heavy atom. The summed E-state index contributed by atoms with van der Waals surface area (Å²) in [7, 11) is 0. The first-order valence-electron chi connectivity index (χ1n) is 7.57. The standard InChI is InChI=1S/C16H22N4/c1-3-15-18-16(4-2)20(19-15)14-7-5-6-12(10-14)11-17-13-8-9-13/h5-7,10,13,17H,3-4,8-9,11H2,1-2H3. The Kier molecular flexibility index (Phi) is 3.83. The second kappa shape index (κ2) is 5.75. The summed E-state index contributed by atoms with van der Waals surface area (Å²) in [6.45, 7) is 5.16. The van der Waals surface area contributed by atoms with Crippen molar-refractivity contribution in [3.63, 3.8) is 0 Å². The van der Waals surface area contributed by atoms with Gasteiger partial charge in [0.2, 0.25) is 0 Å². The van der Waals surface area contributed by atoms with Gasteiger partial charge >= 0.3 is 0 Å². The van der Waals surface area contributed by atoms with Crippen molar-refractivity contribution in [3.8, 4) is 5.69 Å². The molecule has 4 nitrogen and oxygen atoms in total. The first-order valence-corrected chi connectivity index (χ1v) is 7.57. The molecule has 0 saturated heterocycles. The molecule has 20 heavy (non-hydrogen) atoms. The zero-order valence-corrected chi connectivity index (χ0v) is 12.3. The lowest BCUT2D eigenvalue weighted by Gasteiger charge is -2.08. The fourth-order valence-corrected chi connectivity index (χ4v) is 2.33. The number of nitrogens with zero attached hydrogens (tertiary/aromatic N) is 3. The van der Waals surface area contributed by atoms with Gasteiger partial charge in [0, 0.05) is 25.4 Å². The largest absolute Gasteiger partial charge is 0.310 e. The normalized spacial score (nSPS) is 14.7. The Hall–Kier alpha value is -1.68. The van der Waals surface area contributed by atoms with E-state index in [1.54, 1.807) is 0 Å². The summed E-state index contributed by atoms with van der Waals surface area (Å²) in [6, 6.07) is 9.33. The highest BCUT2D eigenvalue weighted by Crippen LogP contribution is 2.20. The van der Waals surface area contributed by atoms with Crippen molar-refractivity contribution in [2.75, 3.05) is 0 Å². The zero-order valence-electron chi connectivity index (χ0n) is 12.3. The summed E-state index contributed by atoms with van der Waals surface area (Å²) in [6.07, 6.45) is 4.42. The van der Waals surface area contributed by atoms with Crippen LogP contribution in [0.25, 0.3) is 5.69 Å². The van der Waals surface area contributed by atoms with Crippen molar-refractivity contribution in [1.29, 1.82) is 0 Å². The van der Waals surface area contributed by atoms with E-state index in [2.05, 4.69) is 53.5 Å². The third-order valence-electron chi connectivity index (χ3n) is 3.68. The van der Waals surface area contributed by atoms with Gasteiger partial charge in [-0.25, -0.2) is 9.67 Å². The van der Waals surface area contributed by atoms with E-state index in [0.29, 0.717) is 0 Å². The van der Waals surface area contributed by atoms with Crippen LogP contribution in [-0.2, 0) is 19.4 Å². The quantitative estimate of drug-likeness (QED) is 0.877. The average molecular weight is 270 g/mol. The number of aryl methyl sites for hydroxylation is 2. The van der Waals surface area contributed by atoms with Gasteiger partial charge in [-0.05, 0) is 30.5 Å². The summed E-state index contributed by atoms with van der Waals surface area (Å²) < 4.78 is 1.99. The third kappa shape index (κ3) is 2.90. The number of nitrogens with one attached hydrogen (secondary N) is 1. The summed E-state index contributed by atoms with van der Waals surface area (Å²) >= 11 is 0. The van der Waals surface area contributed by atoms with E-state index >= 15 is 0 Å². The van der Waals surface area contributed by atoms with Crippen molar-refractivity contribution < 1.29 is 0 Å². The molecule has 1 heterocycles. The number of hydrogen-bond acceptors (Lipinski definition) is 3. The molecule has 1 fully saturated rings. The molecule has 0 spiro atoms. The molecule has 4 heteroatoms. The van der Waals surface area contributed by atoms with Crippen LogP contribution < -0.4 is 5.32 Å². The van der Waals surface area contributed by atoms with Gasteiger partial charge in [-0.15, -0.1) is 0 Å². The minimum absolute atomic E-state index is 0.739. The maximum atomic E-state index is 4.60. The van der Waals surface area contributed by atoms with Crippen LogP contribution in [0, 0.1) is 0 Å². The highest BCUT2D eigenvalue weighted by molar-refractivity contribution is 5.36. The Labute approximate surface area is 120 Å². The van der Waals surface area contributed by atoms with Crippen LogP contribution in [0.5, 0.6) is 0 Å². The van der Waals surface area contributed by atoms with Crippen LogP contribution in [0.3, 0.4) is 0 Å². The molecular formula is C16H22N4. The predicted octanol–water partition coefficient (Wildman–Crippen LogP) is 2.64. The van der Waals surface area contributed by atoms with Gasteiger partial charge < -0.3 is 5.32 Å². The van der Waals surface area contributed by atoms with E-state index in [1.165, 1.54) is 18.4 Å². The lowest BCUT2D eigenvalue weighted by molar-refractivity contribution is 0.686. The van der Waals surface area contributed by atoms with Crippen LogP contribution in [0.2, 0.25) is 0 Å². The van der Waals surface area contributed by atoms with Crippen LogP contribution in [0.15, 0.2) is 24.3 Å². The number of benzene rings is 1. The molecule has 3 rings (SSSR count). The van der Waals surface area contributed by atoms with E-state index in [1.807, 2.05) is 4.68 Å². The van der Waals surface area contributed by atoms with E-state index in [4.69, 9.17) is 0 Å². The maximum absolute atomic E-state index is 4.60. The number of hydrogen-bond donors (Lipinski definition) is 1. The van der Waals surface area contributed by atoms with Gasteiger partial charge in [0.15, 0.2) is 5.82 Å². The number of rotatable bonds is 6. The SMILES string of the molecule is CCc1nc(CC)n(-c2cccc(CNC3CC3)c2)n1. The molecule has 0 atom stereocenters. The molecule has 1 aromatic carbocycles. The fourth-order valence-electron chi connectivity index (χ4n) is 2.33. The molecule has 0 radical (unpaired) electrons. The molecule has 1 aliphatic rings. The highest BCUT2D eigenvalue weighted by atomic mass is 15.3.